The van der Waals surface area contributed by atoms with Crippen LogP contribution >= 0.6 is 0 Å². The third-order valence-corrected chi connectivity index (χ3v) is 9.14. The Labute approximate surface area is 195 Å². The lowest BCUT2D eigenvalue weighted by atomic mass is 9.95. The molecule has 1 saturated heterocycles. The minimum atomic E-state index is -3.64. The summed E-state index contributed by atoms with van der Waals surface area (Å²) in [4.78, 5) is 19.2. The molecular weight excluding hydrogens is 436 g/mol. The van der Waals surface area contributed by atoms with Crippen LogP contribution < -0.4 is 0 Å². The summed E-state index contributed by atoms with van der Waals surface area (Å²) in [6, 6.07) is 7.35. The van der Waals surface area contributed by atoms with Gasteiger partial charge in [-0.05, 0) is 86.7 Å². The number of sulfonamides is 1. The van der Waals surface area contributed by atoms with Crippen LogP contribution in [0.3, 0.4) is 0 Å². The summed E-state index contributed by atoms with van der Waals surface area (Å²) in [6.45, 7) is 11.1. The fourth-order valence-corrected chi connectivity index (χ4v) is 6.47. The Morgan fingerprint density at radius 2 is 1.36 bits per heavy atom. The summed E-state index contributed by atoms with van der Waals surface area (Å²) in [5, 5.41) is 0. The van der Waals surface area contributed by atoms with E-state index in [0.717, 1.165) is 33.5 Å². The molecule has 1 aliphatic heterocycles. The Morgan fingerprint density at radius 1 is 0.818 bits per heavy atom. The summed E-state index contributed by atoms with van der Waals surface area (Å²) in [6.07, 6.45) is 5.25. The van der Waals surface area contributed by atoms with Crippen LogP contribution in [0.2, 0.25) is 0 Å². The maximum atomic E-state index is 13.6. The van der Waals surface area contributed by atoms with Crippen molar-refractivity contribution in [1.29, 1.82) is 0 Å². The van der Waals surface area contributed by atoms with Crippen molar-refractivity contribution in [1.82, 2.24) is 18.8 Å². The van der Waals surface area contributed by atoms with E-state index in [0.29, 0.717) is 23.5 Å². The number of nitrogens with zero attached hydrogens (tertiary/aromatic N) is 4. The summed E-state index contributed by atoms with van der Waals surface area (Å²) < 4.78 is 30.5. The molecule has 1 aliphatic rings. The number of rotatable bonds is 4. The average Bonchev–Trinajstić information content (AvgIpc) is 3.36. The Balaban J connectivity index is 1.49. The largest absolute Gasteiger partial charge is 0.336 e. The molecule has 0 aliphatic carbocycles. The van der Waals surface area contributed by atoms with Gasteiger partial charge in [0.05, 0.1) is 11.2 Å². The fraction of sp³-hybridized carbons (Fsp3) is 0.360. The van der Waals surface area contributed by atoms with Crippen LogP contribution in [0.4, 0.5) is 0 Å². The zero-order chi connectivity index (χ0) is 23.9. The molecule has 1 amide bonds. The highest BCUT2D eigenvalue weighted by Crippen LogP contribution is 2.32. The van der Waals surface area contributed by atoms with Gasteiger partial charge in [0.2, 0.25) is 10.0 Å². The van der Waals surface area contributed by atoms with Crippen LogP contribution in [0.15, 0.2) is 47.9 Å². The Bertz CT molecular complexity index is 1260. The number of hydrogen-bond donors (Lipinski definition) is 0. The highest BCUT2D eigenvalue weighted by molar-refractivity contribution is 7.89. The second-order valence-electron chi connectivity index (χ2n) is 8.67. The van der Waals surface area contributed by atoms with E-state index >= 15 is 0 Å². The summed E-state index contributed by atoms with van der Waals surface area (Å²) >= 11 is 0. The first-order valence-electron chi connectivity index (χ1n) is 11.1. The maximum Gasteiger partial charge on any atom is 0.253 e. The van der Waals surface area contributed by atoms with E-state index in [1.165, 1.54) is 4.31 Å². The third-order valence-electron chi connectivity index (χ3n) is 6.97. The molecule has 0 atom stereocenters. The van der Waals surface area contributed by atoms with Gasteiger partial charge < -0.3 is 9.47 Å². The van der Waals surface area contributed by atoms with Crippen molar-refractivity contribution in [2.75, 3.05) is 26.2 Å². The highest BCUT2D eigenvalue weighted by atomic mass is 32.2. The number of carbonyl (C=O) groups excluding carboxylic acids is 1. The molecule has 0 spiro atoms. The van der Waals surface area contributed by atoms with Crippen LogP contribution in [0.1, 0.15) is 38.2 Å². The zero-order valence-corrected chi connectivity index (χ0v) is 20.6. The molecule has 1 aromatic heterocycles. The summed E-state index contributed by atoms with van der Waals surface area (Å²) in [5.41, 5.74) is 6.31. The lowest BCUT2D eigenvalue weighted by molar-refractivity contribution is 0.0698. The molecule has 0 unspecified atom stereocenters. The predicted molar refractivity (Wildman–Crippen MR) is 128 cm³/mol. The quantitative estimate of drug-likeness (QED) is 0.589. The normalized spacial score (nSPS) is 15.1. The molecule has 4 rings (SSSR count). The fourth-order valence-electron chi connectivity index (χ4n) is 4.48. The average molecular weight is 467 g/mol. The number of carbonyl (C=O) groups is 1. The number of benzene rings is 2. The van der Waals surface area contributed by atoms with Crippen molar-refractivity contribution >= 4 is 15.9 Å². The first-order chi connectivity index (χ1) is 15.6. The molecule has 7 nitrogen and oxygen atoms in total. The molecule has 0 N–H and O–H groups in total. The highest BCUT2D eigenvalue weighted by Gasteiger charge is 2.33. The summed E-state index contributed by atoms with van der Waals surface area (Å²) in [5.74, 6) is -0.0846. The van der Waals surface area contributed by atoms with Gasteiger partial charge in [-0.1, -0.05) is 0 Å². The minimum absolute atomic E-state index is 0.0846. The second kappa shape index (κ2) is 8.76. The van der Waals surface area contributed by atoms with Crippen LogP contribution in [0, 0.1) is 34.6 Å². The Kier molecular flexibility index (Phi) is 6.16. The molecule has 0 radical (unpaired) electrons. The van der Waals surface area contributed by atoms with Crippen molar-refractivity contribution in [3.05, 3.63) is 76.4 Å². The second-order valence-corrected chi connectivity index (χ2v) is 10.5. The van der Waals surface area contributed by atoms with E-state index in [2.05, 4.69) is 4.98 Å². The van der Waals surface area contributed by atoms with E-state index in [1.54, 1.807) is 29.6 Å². The van der Waals surface area contributed by atoms with E-state index < -0.39 is 10.0 Å². The van der Waals surface area contributed by atoms with Gasteiger partial charge in [-0.15, -0.1) is 0 Å². The SMILES string of the molecule is Cc1c(C)c(C)c(S(=O)(=O)N2CCN(C(=O)c3ccc(-n4ccnc4)cc3)CC2)c(C)c1C. The van der Waals surface area contributed by atoms with Crippen molar-refractivity contribution in [3.63, 3.8) is 0 Å². The standard InChI is InChI=1S/C25H30N4O3S/c1-17-18(2)20(4)24(21(5)19(17)3)33(31,32)29-14-12-27(13-15-29)25(30)22-6-8-23(9-7-22)28-11-10-26-16-28/h6-11,16H,12-15H2,1-5H3. The first kappa shape index (κ1) is 23.2. The van der Waals surface area contributed by atoms with E-state index in [4.69, 9.17) is 0 Å². The van der Waals surface area contributed by atoms with Gasteiger partial charge in [0.25, 0.3) is 5.91 Å². The third kappa shape index (κ3) is 4.09. The topological polar surface area (TPSA) is 75.5 Å². The molecule has 3 aromatic rings. The van der Waals surface area contributed by atoms with Crippen molar-refractivity contribution in [2.45, 2.75) is 39.5 Å². The van der Waals surface area contributed by atoms with Crippen LogP contribution in [-0.2, 0) is 10.0 Å². The summed E-state index contributed by atoms with van der Waals surface area (Å²) in [7, 11) is -3.64. The number of imidazole rings is 1. The maximum absolute atomic E-state index is 13.6. The molecule has 174 valence electrons. The first-order valence-corrected chi connectivity index (χ1v) is 12.5. The van der Waals surface area contributed by atoms with Crippen molar-refractivity contribution in [2.24, 2.45) is 0 Å². The van der Waals surface area contributed by atoms with E-state index in [1.807, 2.05) is 57.5 Å². The van der Waals surface area contributed by atoms with Crippen molar-refractivity contribution in [3.8, 4) is 5.69 Å². The van der Waals surface area contributed by atoms with Crippen molar-refractivity contribution < 1.29 is 13.2 Å². The van der Waals surface area contributed by atoms with Gasteiger partial charge in [0, 0.05) is 49.8 Å². The molecule has 0 bridgehead atoms. The lowest BCUT2D eigenvalue weighted by Crippen LogP contribution is -2.50. The molecule has 8 heteroatoms. The van der Waals surface area contributed by atoms with Gasteiger partial charge in [-0.3, -0.25) is 4.79 Å². The number of amides is 1. The Hall–Kier alpha value is -2.97. The van der Waals surface area contributed by atoms with E-state index in [9.17, 15) is 13.2 Å². The van der Waals surface area contributed by atoms with Gasteiger partial charge in [0.15, 0.2) is 0 Å². The van der Waals surface area contributed by atoms with Crippen LogP contribution in [-0.4, -0.2) is 59.3 Å². The molecule has 1 fully saturated rings. The number of piperazine rings is 1. The predicted octanol–water partition coefficient (Wildman–Crippen LogP) is 3.56. The molecule has 0 saturated carbocycles. The van der Waals surface area contributed by atoms with Crippen LogP contribution in [0.5, 0.6) is 0 Å². The lowest BCUT2D eigenvalue weighted by Gasteiger charge is -2.35. The van der Waals surface area contributed by atoms with E-state index in [-0.39, 0.29) is 19.0 Å². The van der Waals surface area contributed by atoms with Gasteiger partial charge in [-0.25, -0.2) is 13.4 Å². The smallest absolute Gasteiger partial charge is 0.253 e. The van der Waals surface area contributed by atoms with Gasteiger partial charge in [0.1, 0.15) is 0 Å². The molecule has 2 heterocycles. The van der Waals surface area contributed by atoms with Gasteiger partial charge in [-0.2, -0.15) is 4.31 Å². The minimum Gasteiger partial charge on any atom is -0.336 e. The van der Waals surface area contributed by atoms with Crippen LogP contribution in [0.25, 0.3) is 5.69 Å². The molecule has 2 aromatic carbocycles. The molecular formula is C25H30N4O3S. The number of aromatic nitrogens is 2. The zero-order valence-electron chi connectivity index (χ0n) is 19.8. The Morgan fingerprint density at radius 3 is 1.88 bits per heavy atom. The monoisotopic (exact) mass is 466 g/mol. The molecule has 33 heavy (non-hydrogen) atoms. The number of hydrogen-bond acceptors (Lipinski definition) is 4. The van der Waals surface area contributed by atoms with Gasteiger partial charge >= 0.3 is 0 Å².